The summed E-state index contributed by atoms with van der Waals surface area (Å²) < 4.78 is 7.00. The maximum Gasteiger partial charge on any atom is 0.353 e. The van der Waals surface area contributed by atoms with Gasteiger partial charge in [-0.1, -0.05) is 18.2 Å². The Labute approximate surface area is 153 Å². The van der Waals surface area contributed by atoms with Gasteiger partial charge in [0.25, 0.3) is 5.69 Å². The molecule has 8 heteroatoms. The molecule has 0 aliphatic heterocycles. The minimum absolute atomic E-state index is 0.0129. The predicted molar refractivity (Wildman–Crippen MR) is 95.7 cm³/mol. The molecule has 0 saturated carbocycles. The fraction of sp³-hybridized carbons (Fsp3) is 0.0526. The summed E-state index contributed by atoms with van der Waals surface area (Å²) in [6.07, 6.45) is 1.46. The second-order valence-corrected chi connectivity index (χ2v) is 5.68. The molecule has 0 aliphatic carbocycles. The van der Waals surface area contributed by atoms with Crippen LogP contribution in [0, 0.1) is 21.4 Å². The van der Waals surface area contributed by atoms with Gasteiger partial charge >= 0.3 is 5.97 Å². The molecule has 134 valence electrons. The predicted octanol–water partition coefficient (Wildman–Crippen LogP) is 3.96. The van der Waals surface area contributed by atoms with Gasteiger partial charge in [-0.3, -0.25) is 10.1 Å². The van der Waals surface area contributed by atoms with Crippen LogP contribution in [0.25, 0.3) is 11.1 Å². The topological polar surface area (TPSA) is 118 Å². The first-order chi connectivity index (χ1) is 12.9. The third-order valence-corrected chi connectivity index (χ3v) is 3.91. The van der Waals surface area contributed by atoms with Crippen LogP contribution in [-0.4, -0.2) is 20.6 Å². The molecule has 0 bridgehead atoms. The monoisotopic (exact) mass is 363 g/mol. The number of aryl methyl sites for hydroxylation is 1. The molecular formula is C19H13N3O5. The van der Waals surface area contributed by atoms with Crippen molar-refractivity contribution in [2.75, 3.05) is 0 Å². The van der Waals surface area contributed by atoms with E-state index < -0.39 is 10.9 Å². The molecule has 0 radical (unpaired) electrons. The van der Waals surface area contributed by atoms with Crippen molar-refractivity contribution in [3.05, 3.63) is 76.1 Å². The van der Waals surface area contributed by atoms with Gasteiger partial charge in [-0.2, -0.15) is 5.26 Å². The van der Waals surface area contributed by atoms with Crippen LogP contribution >= 0.6 is 0 Å². The summed E-state index contributed by atoms with van der Waals surface area (Å²) in [5.74, 6) is -0.405. The number of ether oxygens (including phenoxy) is 1. The van der Waals surface area contributed by atoms with Crippen LogP contribution in [0.2, 0.25) is 0 Å². The lowest BCUT2D eigenvalue weighted by molar-refractivity contribution is -0.384. The van der Waals surface area contributed by atoms with E-state index in [9.17, 15) is 25.3 Å². The molecule has 0 aliphatic rings. The maximum absolute atomic E-state index is 11.5. The number of nitro groups is 1. The Bertz CT molecular complexity index is 1080. The molecule has 1 aromatic heterocycles. The number of carboxylic acid groups (broad SMARTS) is 1. The lowest BCUT2D eigenvalue weighted by Gasteiger charge is -2.08. The number of hydrogen-bond donors (Lipinski definition) is 1. The van der Waals surface area contributed by atoms with Crippen molar-refractivity contribution in [1.29, 1.82) is 5.26 Å². The van der Waals surface area contributed by atoms with Crippen LogP contribution in [0.4, 0.5) is 5.69 Å². The Morgan fingerprint density at radius 3 is 2.52 bits per heavy atom. The number of hydrogen-bond acceptors (Lipinski definition) is 5. The van der Waals surface area contributed by atoms with Crippen LogP contribution in [-0.2, 0) is 7.05 Å². The fourth-order valence-electron chi connectivity index (χ4n) is 2.75. The number of non-ortho nitro benzene ring substituents is 1. The third-order valence-electron chi connectivity index (χ3n) is 3.91. The molecule has 3 rings (SSSR count). The van der Waals surface area contributed by atoms with E-state index in [2.05, 4.69) is 0 Å². The minimum atomic E-state index is -1.13. The van der Waals surface area contributed by atoms with Crippen LogP contribution < -0.4 is 4.74 Å². The largest absolute Gasteiger partial charge is 0.477 e. The molecule has 1 heterocycles. The molecule has 0 fully saturated rings. The first-order valence-corrected chi connectivity index (χ1v) is 7.76. The van der Waals surface area contributed by atoms with Crippen molar-refractivity contribution in [3.63, 3.8) is 0 Å². The second kappa shape index (κ2) is 7.01. The van der Waals surface area contributed by atoms with Gasteiger partial charge in [-0.15, -0.1) is 0 Å². The summed E-state index contributed by atoms with van der Waals surface area (Å²) >= 11 is 0. The highest BCUT2D eigenvalue weighted by Crippen LogP contribution is 2.32. The fourth-order valence-corrected chi connectivity index (χ4v) is 2.75. The van der Waals surface area contributed by atoms with Crippen LogP contribution in [0.1, 0.15) is 16.1 Å². The number of aromatic carboxylic acids is 1. The third kappa shape index (κ3) is 3.48. The SMILES string of the molecule is Cn1cc(C#N)c(-c2ccc(Oc3cccc([N+](=O)[O-])c3)cc2)c1C(=O)O. The van der Waals surface area contributed by atoms with Crippen LogP contribution in [0.15, 0.2) is 54.7 Å². The van der Waals surface area contributed by atoms with E-state index >= 15 is 0 Å². The highest BCUT2D eigenvalue weighted by molar-refractivity contribution is 5.96. The number of aromatic nitrogens is 1. The standard InChI is InChI=1S/C19H13N3O5/c1-21-11-13(10-20)17(18(21)19(23)24)12-5-7-15(8-6-12)27-16-4-2-3-14(9-16)22(25)26/h2-9,11H,1H3,(H,23,24). The minimum Gasteiger partial charge on any atom is -0.477 e. The Balaban J connectivity index is 1.93. The molecule has 0 unspecified atom stereocenters. The summed E-state index contributed by atoms with van der Waals surface area (Å²) in [4.78, 5) is 21.8. The average molecular weight is 363 g/mol. The lowest BCUT2D eigenvalue weighted by Crippen LogP contribution is -2.05. The zero-order chi connectivity index (χ0) is 19.6. The lowest BCUT2D eigenvalue weighted by atomic mass is 10.0. The van der Waals surface area contributed by atoms with Gasteiger partial charge in [-0.05, 0) is 23.8 Å². The first kappa shape index (κ1) is 17.7. The van der Waals surface area contributed by atoms with Gasteiger partial charge in [0.1, 0.15) is 23.3 Å². The Kier molecular flexibility index (Phi) is 4.60. The molecule has 0 amide bonds. The van der Waals surface area contributed by atoms with E-state index in [-0.39, 0.29) is 16.9 Å². The summed E-state index contributed by atoms with van der Waals surface area (Å²) in [5, 5.41) is 29.5. The first-order valence-electron chi connectivity index (χ1n) is 7.76. The molecule has 27 heavy (non-hydrogen) atoms. The van der Waals surface area contributed by atoms with Crippen molar-refractivity contribution >= 4 is 11.7 Å². The maximum atomic E-state index is 11.5. The summed E-state index contributed by atoms with van der Waals surface area (Å²) in [6.45, 7) is 0. The van der Waals surface area contributed by atoms with E-state index in [0.717, 1.165) is 0 Å². The van der Waals surface area contributed by atoms with Gasteiger partial charge in [0.15, 0.2) is 0 Å². The number of nitriles is 1. The molecule has 8 nitrogen and oxygen atoms in total. The number of nitrogens with zero attached hydrogens (tertiary/aromatic N) is 3. The number of carbonyl (C=O) groups is 1. The van der Waals surface area contributed by atoms with Crippen molar-refractivity contribution in [3.8, 4) is 28.7 Å². The Hall–Kier alpha value is -4.12. The molecule has 1 N–H and O–H groups in total. The summed E-state index contributed by atoms with van der Waals surface area (Å²) in [6, 6.07) is 14.3. The molecule has 0 spiro atoms. The van der Waals surface area contributed by atoms with E-state index in [4.69, 9.17) is 4.74 Å². The van der Waals surface area contributed by atoms with E-state index in [1.807, 2.05) is 6.07 Å². The zero-order valence-corrected chi connectivity index (χ0v) is 14.1. The van der Waals surface area contributed by atoms with E-state index in [1.165, 1.54) is 29.0 Å². The Morgan fingerprint density at radius 2 is 1.93 bits per heavy atom. The number of benzene rings is 2. The van der Waals surface area contributed by atoms with E-state index in [1.54, 1.807) is 37.4 Å². The number of carboxylic acids is 1. The number of rotatable bonds is 5. The number of nitro benzene ring substituents is 1. The smallest absolute Gasteiger partial charge is 0.353 e. The average Bonchev–Trinajstić information content (AvgIpc) is 2.99. The normalized spacial score (nSPS) is 10.2. The van der Waals surface area contributed by atoms with E-state index in [0.29, 0.717) is 22.6 Å². The molecule has 3 aromatic rings. The second-order valence-electron chi connectivity index (χ2n) is 5.68. The Morgan fingerprint density at radius 1 is 1.22 bits per heavy atom. The zero-order valence-electron chi connectivity index (χ0n) is 14.1. The van der Waals surface area contributed by atoms with Gasteiger partial charge in [0, 0.05) is 24.9 Å². The molecule has 2 aromatic carbocycles. The highest BCUT2D eigenvalue weighted by Gasteiger charge is 2.21. The van der Waals surface area contributed by atoms with Gasteiger partial charge < -0.3 is 14.4 Å². The van der Waals surface area contributed by atoms with Crippen LogP contribution in [0.3, 0.4) is 0 Å². The van der Waals surface area contributed by atoms with Gasteiger partial charge in [0.2, 0.25) is 0 Å². The van der Waals surface area contributed by atoms with Crippen molar-refractivity contribution in [1.82, 2.24) is 4.57 Å². The molecule has 0 saturated heterocycles. The molecular weight excluding hydrogens is 350 g/mol. The quantitative estimate of drug-likeness (QED) is 0.541. The summed E-state index contributed by atoms with van der Waals surface area (Å²) in [5.41, 5.74) is 1.06. The van der Waals surface area contributed by atoms with Gasteiger partial charge in [0.05, 0.1) is 16.6 Å². The summed E-state index contributed by atoms with van der Waals surface area (Å²) in [7, 11) is 1.56. The van der Waals surface area contributed by atoms with Gasteiger partial charge in [-0.25, -0.2) is 4.79 Å². The molecule has 0 atom stereocenters. The van der Waals surface area contributed by atoms with Crippen molar-refractivity contribution in [2.45, 2.75) is 0 Å². The van der Waals surface area contributed by atoms with Crippen molar-refractivity contribution in [2.24, 2.45) is 7.05 Å². The van der Waals surface area contributed by atoms with Crippen molar-refractivity contribution < 1.29 is 19.6 Å². The highest BCUT2D eigenvalue weighted by atomic mass is 16.6. The van der Waals surface area contributed by atoms with Crippen LogP contribution in [0.5, 0.6) is 11.5 Å².